The third-order valence-corrected chi connectivity index (χ3v) is 3.10. The molecule has 0 saturated heterocycles. The van der Waals surface area contributed by atoms with Gasteiger partial charge in [0, 0.05) is 17.7 Å². The van der Waals surface area contributed by atoms with Crippen molar-refractivity contribution in [3.05, 3.63) is 59.7 Å². The van der Waals surface area contributed by atoms with Crippen LogP contribution in [0.3, 0.4) is 0 Å². The van der Waals surface area contributed by atoms with Gasteiger partial charge in [0.15, 0.2) is 11.6 Å². The molecule has 0 bridgehead atoms. The van der Waals surface area contributed by atoms with Gasteiger partial charge >= 0.3 is 5.97 Å². The third-order valence-electron chi connectivity index (χ3n) is 3.10. The van der Waals surface area contributed by atoms with E-state index in [1.54, 1.807) is 6.92 Å². The van der Waals surface area contributed by atoms with Crippen molar-refractivity contribution in [2.24, 2.45) is 0 Å². The summed E-state index contributed by atoms with van der Waals surface area (Å²) in [6.45, 7) is 1.58. The normalized spacial score (nSPS) is 11.6. The fraction of sp³-hybridized carbons (Fsp3) is 0.176. The summed E-state index contributed by atoms with van der Waals surface area (Å²) in [5, 5.41) is 11.2. The predicted octanol–water partition coefficient (Wildman–Crippen LogP) is 3.35. The van der Waals surface area contributed by atoms with E-state index < -0.39 is 29.6 Å². The van der Waals surface area contributed by atoms with E-state index in [0.29, 0.717) is 11.6 Å². The van der Waals surface area contributed by atoms with Crippen molar-refractivity contribution in [3.8, 4) is 11.5 Å². The molecule has 0 aliphatic carbocycles. The molecule has 0 aliphatic heterocycles. The number of halogens is 2. The smallest absolute Gasteiger partial charge is 0.305 e. The molecule has 24 heavy (non-hydrogen) atoms. The topological polar surface area (TPSA) is 75.6 Å². The van der Waals surface area contributed by atoms with Crippen LogP contribution < -0.4 is 10.1 Å². The Morgan fingerprint density at radius 3 is 2.42 bits per heavy atom. The highest BCUT2D eigenvalue weighted by atomic mass is 19.1. The van der Waals surface area contributed by atoms with Crippen LogP contribution in [0.5, 0.6) is 11.5 Å². The highest BCUT2D eigenvalue weighted by Gasteiger charge is 2.13. The minimum atomic E-state index is -1.01. The lowest BCUT2D eigenvalue weighted by molar-refractivity contribution is -0.137. The molecule has 126 valence electrons. The van der Waals surface area contributed by atoms with Gasteiger partial charge in [-0.2, -0.15) is 0 Å². The summed E-state index contributed by atoms with van der Waals surface area (Å²) in [6.07, 6.45) is -0.184. The average Bonchev–Trinajstić information content (AvgIpc) is 2.50. The summed E-state index contributed by atoms with van der Waals surface area (Å²) < 4.78 is 31.6. The number of carbonyl (C=O) groups is 2. The number of aliphatic carboxylic acids is 1. The fourth-order valence-electron chi connectivity index (χ4n) is 1.98. The van der Waals surface area contributed by atoms with Gasteiger partial charge in [-0.1, -0.05) is 0 Å². The van der Waals surface area contributed by atoms with Crippen LogP contribution in [0.1, 0.15) is 23.7 Å². The van der Waals surface area contributed by atoms with E-state index in [0.717, 1.165) is 6.07 Å². The van der Waals surface area contributed by atoms with E-state index in [4.69, 9.17) is 9.84 Å². The molecule has 0 saturated carbocycles. The van der Waals surface area contributed by atoms with Crippen molar-refractivity contribution < 1.29 is 28.2 Å². The van der Waals surface area contributed by atoms with Crippen molar-refractivity contribution in [1.29, 1.82) is 0 Å². The van der Waals surface area contributed by atoms with Gasteiger partial charge in [-0.05, 0) is 43.3 Å². The number of amides is 1. The number of rotatable bonds is 6. The molecule has 0 aliphatic rings. The van der Waals surface area contributed by atoms with Crippen LogP contribution in [-0.2, 0) is 4.79 Å². The van der Waals surface area contributed by atoms with Crippen LogP contribution in [0.25, 0.3) is 0 Å². The second-order valence-corrected chi connectivity index (χ2v) is 5.17. The Hall–Kier alpha value is -2.96. The molecule has 0 aromatic heterocycles. The SMILES string of the molecule is C[C@@H](CC(=O)O)NC(=O)c1ccc(Oc2ccc(F)cc2F)cc1. The van der Waals surface area contributed by atoms with E-state index >= 15 is 0 Å². The molecule has 5 nitrogen and oxygen atoms in total. The lowest BCUT2D eigenvalue weighted by atomic mass is 10.1. The molecular weight excluding hydrogens is 320 g/mol. The van der Waals surface area contributed by atoms with Crippen molar-refractivity contribution in [1.82, 2.24) is 5.32 Å². The zero-order chi connectivity index (χ0) is 17.7. The first kappa shape index (κ1) is 17.4. The molecule has 0 fully saturated rings. The number of benzene rings is 2. The number of carboxylic acids is 1. The molecule has 0 spiro atoms. The van der Waals surface area contributed by atoms with Crippen molar-refractivity contribution in [2.45, 2.75) is 19.4 Å². The number of hydrogen-bond donors (Lipinski definition) is 2. The number of carbonyl (C=O) groups excluding carboxylic acids is 1. The Kier molecular flexibility index (Phi) is 5.47. The Balaban J connectivity index is 2.02. The fourth-order valence-corrected chi connectivity index (χ4v) is 1.98. The van der Waals surface area contributed by atoms with Crippen LogP contribution in [0.2, 0.25) is 0 Å². The van der Waals surface area contributed by atoms with E-state index in [9.17, 15) is 18.4 Å². The summed E-state index contributed by atoms with van der Waals surface area (Å²) >= 11 is 0. The monoisotopic (exact) mass is 335 g/mol. The minimum absolute atomic E-state index is 0.135. The van der Waals surface area contributed by atoms with Gasteiger partial charge in [0.2, 0.25) is 0 Å². The van der Waals surface area contributed by atoms with Gasteiger partial charge in [-0.3, -0.25) is 9.59 Å². The molecule has 2 aromatic carbocycles. The first-order chi connectivity index (χ1) is 11.3. The number of nitrogens with one attached hydrogen (secondary N) is 1. The molecule has 7 heteroatoms. The predicted molar refractivity (Wildman–Crippen MR) is 82.1 cm³/mol. The zero-order valence-corrected chi connectivity index (χ0v) is 12.8. The lowest BCUT2D eigenvalue weighted by Crippen LogP contribution is -2.34. The van der Waals surface area contributed by atoms with Crippen molar-refractivity contribution in [3.63, 3.8) is 0 Å². The summed E-state index contributed by atoms with van der Waals surface area (Å²) in [7, 11) is 0. The number of carboxylic acid groups (broad SMARTS) is 1. The lowest BCUT2D eigenvalue weighted by Gasteiger charge is -2.12. The maximum Gasteiger partial charge on any atom is 0.305 e. The van der Waals surface area contributed by atoms with Crippen LogP contribution >= 0.6 is 0 Å². The summed E-state index contributed by atoms with van der Waals surface area (Å²) in [4.78, 5) is 22.5. The second-order valence-electron chi connectivity index (χ2n) is 5.17. The maximum atomic E-state index is 13.5. The van der Waals surface area contributed by atoms with Gasteiger partial charge in [0.05, 0.1) is 6.42 Å². The quantitative estimate of drug-likeness (QED) is 0.849. The van der Waals surface area contributed by atoms with Crippen LogP contribution in [0.4, 0.5) is 8.78 Å². The van der Waals surface area contributed by atoms with E-state index in [-0.39, 0.29) is 17.9 Å². The van der Waals surface area contributed by atoms with Gasteiger partial charge in [-0.25, -0.2) is 8.78 Å². The molecule has 2 rings (SSSR count). The minimum Gasteiger partial charge on any atom is -0.481 e. The molecule has 2 aromatic rings. The Morgan fingerprint density at radius 1 is 1.17 bits per heavy atom. The van der Waals surface area contributed by atoms with Gasteiger partial charge in [-0.15, -0.1) is 0 Å². The number of hydrogen-bond acceptors (Lipinski definition) is 3. The average molecular weight is 335 g/mol. The van der Waals surface area contributed by atoms with Crippen LogP contribution in [0.15, 0.2) is 42.5 Å². The summed E-state index contributed by atoms with van der Waals surface area (Å²) in [5.41, 5.74) is 0.305. The standard InChI is InChI=1S/C17H15F2NO4/c1-10(8-16(21)22)20-17(23)11-2-5-13(6-3-11)24-15-7-4-12(18)9-14(15)19/h2-7,9-10H,8H2,1H3,(H,20,23)(H,21,22)/t10-/m0/s1. The first-order valence-electron chi connectivity index (χ1n) is 7.11. The molecule has 0 unspecified atom stereocenters. The van der Waals surface area contributed by atoms with Crippen LogP contribution in [-0.4, -0.2) is 23.0 Å². The Morgan fingerprint density at radius 2 is 1.83 bits per heavy atom. The van der Waals surface area contributed by atoms with Gasteiger partial charge < -0.3 is 15.2 Å². The molecule has 1 atom stereocenters. The molecule has 2 N–H and O–H groups in total. The van der Waals surface area contributed by atoms with Crippen molar-refractivity contribution >= 4 is 11.9 Å². The van der Waals surface area contributed by atoms with Gasteiger partial charge in [0.1, 0.15) is 11.6 Å². The second kappa shape index (κ2) is 7.54. The third kappa shape index (κ3) is 4.77. The van der Waals surface area contributed by atoms with E-state index in [1.807, 2.05) is 0 Å². The first-order valence-corrected chi connectivity index (χ1v) is 7.11. The molecular formula is C17H15F2NO4. The largest absolute Gasteiger partial charge is 0.481 e. The Bertz CT molecular complexity index is 747. The highest BCUT2D eigenvalue weighted by molar-refractivity contribution is 5.94. The number of ether oxygens (including phenoxy) is 1. The van der Waals surface area contributed by atoms with Crippen LogP contribution in [0, 0.1) is 11.6 Å². The van der Waals surface area contributed by atoms with E-state index in [2.05, 4.69) is 5.32 Å². The highest BCUT2D eigenvalue weighted by Crippen LogP contribution is 2.25. The maximum absolute atomic E-state index is 13.5. The van der Waals surface area contributed by atoms with E-state index in [1.165, 1.54) is 30.3 Å². The molecule has 1 amide bonds. The summed E-state index contributed by atoms with van der Waals surface area (Å²) in [5.74, 6) is -2.84. The molecule has 0 radical (unpaired) electrons. The zero-order valence-electron chi connectivity index (χ0n) is 12.8. The molecule has 0 heterocycles. The summed E-state index contributed by atoms with van der Waals surface area (Å²) in [6, 6.07) is 8.27. The van der Waals surface area contributed by atoms with Gasteiger partial charge in [0.25, 0.3) is 5.91 Å². The van der Waals surface area contributed by atoms with Crippen molar-refractivity contribution in [2.75, 3.05) is 0 Å². The Labute approximate surface area is 136 Å².